The van der Waals surface area contributed by atoms with Crippen LogP contribution in [0.2, 0.25) is 0 Å². The number of rotatable bonds is 5. The summed E-state index contributed by atoms with van der Waals surface area (Å²) in [6.45, 7) is 6.60. The van der Waals surface area contributed by atoms with Gasteiger partial charge in [-0.2, -0.15) is 0 Å². The van der Waals surface area contributed by atoms with Gasteiger partial charge in [-0.1, -0.05) is 19.9 Å². The fraction of sp³-hybridized carbons (Fsp3) is 0.500. The molecule has 0 heterocycles. The Kier molecular flexibility index (Phi) is 5.08. The number of nitrogens with two attached hydrogens (primary N) is 1. The predicted octanol–water partition coefficient (Wildman–Crippen LogP) is 3.17. The summed E-state index contributed by atoms with van der Waals surface area (Å²) in [6.07, 6.45) is 2.01. The average molecular weight is 265 g/mol. The number of nitrogens with zero attached hydrogens (tertiary/aromatic N) is 1. The van der Waals surface area contributed by atoms with Gasteiger partial charge in [-0.05, 0) is 31.2 Å². The van der Waals surface area contributed by atoms with Crippen LogP contribution in [0.5, 0.6) is 0 Å². The highest BCUT2D eigenvalue weighted by molar-refractivity contribution is 7.98. The standard InChI is InChI=1S/C14H23N3S/c1-9(2)10(3)17(4)11-7-6-8-12(18-5)13(11)14(15)16/h6-10H,1-5H3,(H3,15,16). The fourth-order valence-electron chi connectivity index (χ4n) is 1.92. The largest absolute Gasteiger partial charge is 0.384 e. The first-order valence-corrected chi connectivity index (χ1v) is 7.36. The Labute approximate surface area is 114 Å². The highest BCUT2D eigenvalue weighted by Crippen LogP contribution is 2.30. The second kappa shape index (κ2) is 6.14. The van der Waals surface area contributed by atoms with Crippen molar-refractivity contribution < 1.29 is 0 Å². The van der Waals surface area contributed by atoms with Gasteiger partial charge >= 0.3 is 0 Å². The minimum atomic E-state index is 0.137. The van der Waals surface area contributed by atoms with Crippen molar-refractivity contribution >= 4 is 23.3 Å². The summed E-state index contributed by atoms with van der Waals surface area (Å²) >= 11 is 1.63. The van der Waals surface area contributed by atoms with Crippen molar-refractivity contribution in [2.75, 3.05) is 18.2 Å². The lowest BCUT2D eigenvalue weighted by Gasteiger charge is -2.32. The lowest BCUT2D eigenvalue weighted by atomic mass is 10.0. The second-order valence-electron chi connectivity index (χ2n) is 4.86. The van der Waals surface area contributed by atoms with Gasteiger partial charge in [-0.3, -0.25) is 5.41 Å². The van der Waals surface area contributed by atoms with E-state index in [1.54, 1.807) is 11.8 Å². The van der Waals surface area contributed by atoms with E-state index in [9.17, 15) is 0 Å². The monoisotopic (exact) mass is 265 g/mol. The summed E-state index contributed by atoms with van der Waals surface area (Å²) < 4.78 is 0. The van der Waals surface area contributed by atoms with Crippen LogP contribution in [0.25, 0.3) is 0 Å². The number of benzene rings is 1. The maximum atomic E-state index is 7.80. The molecule has 1 aromatic carbocycles. The first-order chi connectivity index (χ1) is 8.40. The van der Waals surface area contributed by atoms with Crippen LogP contribution in [0.15, 0.2) is 23.1 Å². The third-order valence-electron chi connectivity index (χ3n) is 3.45. The zero-order valence-electron chi connectivity index (χ0n) is 11.8. The van der Waals surface area contributed by atoms with Crippen LogP contribution in [0.3, 0.4) is 0 Å². The molecule has 0 aromatic heterocycles. The van der Waals surface area contributed by atoms with E-state index in [4.69, 9.17) is 11.1 Å². The quantitative estimate of drug-likeness (QED) is 0.488. The Bertz CT molecular complexity index is 429. The molecule has 0 radical (unpaired) electrons. The lowest BCUT2D eigenvalue weighted by molar-refractivity contribution is 0.505. The van der Waals surface area contributed by atoms with Gasteiger partial charge in [0.15, 0.2) is 0 Å². The van der Waals surface area contributed by atoms with Crippen LogP contribution in [-0.2, 0) is 0 Å². The summed E-state index contributed by atoms with van der Waals surface area (Å²) in [5, 5.41) is 7.80. The number of thioether (sulfide) groups is 1. The Morgan fingerprint density at radius 2 is 1.94 bits per heavy atom. The van der Waals surface area contributed by atoms with E-state index < -0.39 is 0 Å². The molecule has 0 amide bonds. The van der Waals surface area contributed by atoms with Crippen LogP contribution in [-0.4, -0.2) is 25.2 Å². The molecular formula is C14H23N3S. The molecule has 0 fully saturated rings. The van der Waals surface area contributed by atoms with E-state index >= 15 is 0 Å². The van der Waals surface area contributed by atoms with Gasteiger partial charge in [0.1, 0.15) is 5.84 Å². The van der Waals surface area contributed by atoms with Gasteiger partial charge in [0, 0.05) is 23.7 Å². The van der Waals surface area contributed by atoms with Crippen LogP contribution >= 0.6 is 11.8 Å². The van der Waals surface area contributed by atoms with Gasteiger partial charge in [-0.15, -0.1) is 11.8 Å². The van der Waals surface area contributed by atoms with Crippen molar-refractivity contribution in [1.29, 1.82) is 5.41 Å². The van der Waals surface area contributed by atoms with Gasteiger partial charge in [0.2, 0.25) is 0 Å². The van der Waals surface area contributed by atoms with E-state index in [-0.39, 0.29) is 5.84 Å². The van der Waals surface area contributed by atoms with Crippen molar-refractivity contribution in [3.63, 3.8) is 0 Å². The summed E-state index contributed by atoms with van der Waals surface area (Å²) in [6, 6.07) is 6.48. The van der Waals surface area contributed by atoms with Crippen LogP contribution in [0.4, 0.5) is 5.69 Å². The van der Waals surface area contributed by atoms with Crippen molar-refractivity contribution in [1.82, 2.24) is 0 Å². The van der Waals surface area contributed by atoms with E-state index in [2.05, 4.69) is 32.7 Å². The van der Waals surface area contributed by atoms with Crippen molar-refractivity contribution in [3.05, 3.63) is 23.8 Å². The molecule has 0 aliphatic heterocycles. The summed E-state index contributed by atoms with van der Waals surface area (Å²) in [4.78, 5) is 3.27. The first kappa shape index (κ1) is 14.9. The molecule has 4 heteroatoms. The number of nitrogens with one attached hydrogen (secondary N) is 1. The number of nitrogen functional groups attached to an aromatic ring is 1. The van der Waals surface area contributed by atoms with Gasteiger partial charge in [0.05, 0.1) is 5.56 Å². The Morgan fingerprint density at radius 3 is 2.39 bits per heavy atom. The van der Waals surface area contributed by atoms with E-state index in [0.717, 1.165) is 16.1 Å². The zero-order chi connectivity index (χ0) is 13.9. The molecule has 1 rings (SSSR count). The maximum Gasteiger partial charge on any atom is 0.126 e. The van der Waals surface area contributed by atoms with Gasteiger partial charge in [0.25, 0.3) is 0 Å². The predicted molar refractivity (Wildman–Crippen MR) is 81.9 cm³/mol. The minimum Gasteiger partial charge on any atom is -0.384 e. The highest BCUT2D eigenvalue weighted by Gasteiger charge is 2.19. The van der Waals surface area contributed by atoms with Gasteiger partial charge in [-0.25, -0.2) is 0 Å². The molecule has 0 spiro atoms. The molecule has 0 saturated heterocycles. The zero-order valence-corrected chi connectivity index (χ0v) is 12.6. The van der Waals surface area contributed by atoms with Crippen molar-refractivity contribution in [3.8, 4) is 0 Å². The van der Waals surface area contributed by atoms with E-state index in [1.165, 1.54) is 0 Å². The molecular weight excluding hydrogens is 242 g/mol. The smallest absolute Gasteiger partial charge is 0.126 e. The number of hydrogen-bond donors (Lipinski definition) is 2. The maximum absolute atomic E-state index is 7.80. The molecule has 0 bridgehead atoms. The Hall–Kier alpha value is -1.16. The molecule has 0 aliphatic carbocycles. The molecule has 1 atom stereocenters. The van der Waals surface area contributed by atoms with Crippen molar-refractivity contribution in [2.24, 2.45) is 11.7 Å². The highest BCUT2D eigenvalue weighted by atomic mass is 32.2. The average Bonchev–Trinajstić information content (AvgIpc) is 2.35. The Balaban J connectivity index is 3.27. The van der Waals surface area contributed by atoms with Crippen molar-refractivity contribution in [2.45, 2.75) is 31.7 Å². The third kappa shape index (κ3) is 2.99. The SMILES string of the molecule is CSc1cccc(N(C)C(C)C(C)C)c1C(=N)N. The number of hydrogen-bond acceptors (Lipinski definition) is 3. The molecule has 0 aliphatic rings. The topological polar surface area (TPSA) is 53.1 Å². The number of amidine groups is 1. The van der Waals surface area contributed by atoms with Gasteiger partial charge < -0.3 is 10.6 Å². The summed E-state index contributed by atoms with van der Waals surface area (Å²) in [5.41, 5.74) is 7.63. The molecule has 18 heavy (non-hydrogen) atoms. The van der Waals surface area contributed by atoms with E-state index in [1.807, 2.05) is 24.5 Å². The van der Waals surface area contributed by atoms with Crippen LogP contribution in [0, 0.1) is 11.3 Å². The van der Waals surface area contributed by atoms with Crippen LogP contribution < -0.4 is 10.6 Å². The molecule has 3 nitrogen and oxygen atoms in total. The lowest BCUT2D eigenvalue weighted by Crippen LogP contribution is -2.34. The van der Waals surface area contributed by atoms with Crippen LogP contribution in [0.1, 0.15) is 26.3 Å². The molecule has 1 aromatic rings. The summed E-state index contributed by atoms with van der Waals surface area (Å²) in [5.74, 6) is 0.686. The Morgan fingerprint density at radius 1 is 1.33 bits per heavy atom. The second-order valence-corrected chi connectivity index (χ2v) is 5.71. The molecule has 3 N–H and O–H groups in total. The fourth-order valence-corrected chi connectivity index (χ4v) is 2.55. The van der Waals surface area contributed by atoms with E-state index in [0.29, 0.717) is 12.0 Å². The normalized spacial score (nSPS) is 12.6. The summed E-state index contributed by atoms with van der Waals surface area (Å²) in [7, 11) is 2.07. The third-order valence-corrected chi connectivity index (χ3v) is 4.23. The molecule has 0 saturated carbocycles. The molecule has 100 valence electrons. The number of anilines is 1. The first-order valence-electron chi connectivity index (χ1n) is 6.14. The minimum absolute atomic E-state index is 0.137. The molecule has 1 unspecified atom stereocenters.